The van der Waals surface area contributed by atoms with Gasteiger partial charge in [-0.3, -0.25) is 19.0 Å². The van der Waals surface area contributed by atoms with E-state index in [1.165, 1.54) is 10.9 Å². The van der Waals surface area contributed by atoms with E-state index < -0.39 is 6.04 Å². The molecule has 30 heavy (non-hydrogen) atoms. The fraction of sp³-hybridized carbons (Fsp3) is 0.391. The van der Waals surface area contributed by atoms with Crippen LogP contribution in [0.15, 0.2) is 58.4 Å². The summed E-state index contributed by atoms with van der Waals surface area (Å²) in [6, 6.07) is 12.0. The zero-order valence-corrected chi connectivity index (χ0v) is 16.9. The molecule has 0 radical (unpaired) electrons. The van der Waals surface area contributed by atoms with Crippen LogP contribution in [0.3, 0.4) is 0 Å². The van der Waals surface area contributed by atoms with Crippen molar-refractivity contribution >= 4 is 16.8 Å². The zero-order chi connectivity index (χ0) is 20.8. The maximum Gasteiger partial charge on any atom is 0.261 e. The number of amides is 1. The minimum Gasteiger partial charge on any atom is -0.340 e. The van der Waals surface area contributed by atoms with E-state index in [-0.39, 0.29) is 28.9 Å². The summed E-state index contributed by atoms with van der Waals surface area (Å²) in [4.78, 5) is 45.0. The number of carbonyl (C=O) groups is 1. The van der Waals surface area contributed by atoms with Gasteiger partial charge in [-0.05, 0) is 37.0 Å². The Labute approximate surface area is 173 Å². The molecule has 4 heterocycles. The monoisotopic (exact) mass is 404 g/mol. The average Bonchev–Trinajstić information content (AvgIpc) is 2.76. The van der Waals surface area contributed by atoms with E-state index >= 15 is 0 Å². The number of aromatic nitrogens is 3. The molecule has 5 rings (SSSR count). The number of pyridine rings is 1. The zero-order valence-electron chi connectivity index (χ0n) is 16.9. The molecule has 3 atom stereocenters. The number of likely N-dealkylation sites (tertiary alicyclic amines) is 1. The Kier molecular flexibility index (Phi) is 4.53. The molecule has 0 saturated carbocycles. The summed E-state index contributed by atoms with van der Waals surface area (Å²) in [7, 11) is 0. The first kappa shape index (κ1) is 18.8. The van der Waals surface area contributed by atoms with Gasteiger partial charge in [0.15, 0.2) is 0 Å². The van der Waals surface area contributed by atoms with Crippen molar-refractivity contribution in [2.24, 2.45) is 5.92 Å². The minimum atomic E-state index is -0.577. The molecule has 2 aliphatic heterocycles. The Morgan fingerprint density at radius 1 is 1.10 bits per heavy atom. The highest BCUT2D eigenvalue weighted by atomic mass is 16.2. The first-order valence-electron chi connectivity index (χ1n) is 10.5. The van der Waals surface area contributed by atoms with E-state index in [0.717, 1.165) is 12.1 Å². The van der Waals surface area contributed by atoms with Crippen LogP contribution in [0.1, 0.15) is 37.4 Å². The number of rotatable bonds is 3. The summed E-state index contributed by atoms with van der Waals surface area (Å²) < 4.78 is 3.34. The second-order valence-corrected chi connectivity index (χ2v) is 8.34. The summed E-state index contributed by atoms with van der Waals surface area (Å²) in [5.41, 5.74) is 1.49. The number of carbonyl (C=O) groups excluding carboxylic acids is 1. The molecular weight excluding hydrogens is 380 g/mol. The van der Waals surface area contributed by atoms with Crippen molar-refractivity contribution in [1.29, 1.82) is 0 Å². The molecule has 3 aromatic rings. The third kappa shape index (κ3) is 2.96. The van der Waals surface area contributed by atoms with Crippen LogP contribution < -0.4 is 11.1 Å². The van der Waals surface area contributed by atoms with Crippen molar-refractivity contribution in [3.8, 4) is 0 Å². The van der Waals surface area contributed by atoms with E-state index in [2.05, 4.69) is 4.98 Å². The van der Waals surface area contributed by atoms with Crippen molar-refractivity contribution in [2.75, 3.05) is 13.1 Å². The van der Waals surface area contributed by atoms with Crippen LogP contribution in [0, 0.1) is 5.92 Å². The van der Waals surface area contributed by atoms with Gasteiger partial charge in [0.2, 0.25) is 5.91 Å². The predicted octanol–water partition coefficient (Wildman–Crippen LogP) is 2.16. The molecule has 3 unspecified atom stereocenters. The number of benzene rings is 1. The van der Waals surface area contributed by atoms with Crippen LogP contribution in [-0.2, 0) is 11.3 Å². The second kappa shape index (κ2) is 7.23. The number of fused-ring (bicyclic) bond motifs is 5. The first-order chi connectivity index (χ1) is 14.6. The number of hydrogen-bond acceptors (Lipinski definition) is 4. The lowest BCUT2D eigenvalue weighted by Crippen LogP contribution is -2.51. The van der Waals surface area contributed by atoms with Gasteiger partial charge in [0.1, 0.15) is 6.04 Å². The Hall–Kier alpha value is -3.22. The Morgan fingerprint density at radius 2 is 1.93 bits per heavy atom. The molecule has 154 valence electrons. The molecule has 1 saturated heterocycles. The molecule has 2 aromatic heterocycles. The molecule has 1 aromatic carbocycles. The van der Waals surface area contributed by atoms with Gasteiger partial charge < -0.3 is 9.47 Å². The minimum absolute atomic E-state index is 0.0298. The summed E-state index contributed by atoms with van der Waals surface area (Å²) >= 11 is 0. The summed E-state index contributed by atoms with van der Waals surface area (Å²) in [6.45, 7) is 3.75. The van der Waals surface area contributed by atoms with E-state index in [1.807, 2.05) is 34.6 Å². The fourth-order valence-electron chi connectivity index (χ4n) is 5.08. The van der Waals surface area contributed by atoms with Gasteiger partial charge >= 0.3 is 0 Å². The van der Waals surface area contributed by atoms with Crippen molar-refractivity contribution in [3.05, 3.63) is 75.2 Å². The third-order valence-electron chi connectivity index (χ3n) is 6.49. The van der Waals surface area contributed by atoms with Gasteiger partial charge in [0.05, 0.1) is 17.2 Å². The molecule has 7 nitrogen and oxygen atoms in total. The topological polar surface area (TPSA) is 77.2 Å². The maximum absolute atomic E-state index is 13.5. The standard InChI is InChI=1S/C23H24N4O3/c1-2-19(27-14-24-18-7-4-3-6-17(18)22(27)29)23(30)25-11-15-10-16(13-25)20-8-5-9-21(28)26(20)12-15/h3-9,14-16,19H,2,10-13H2,1H3. The highest BCUT2D eigenvalue weighted by molar-refractivity contribution is 5.82. The summed E-state index contributed by atoms with van der Waals surface area (Å²) in [5.74, 6) is 0.363. The Bertz CT molecular complexity index is 1240. The smallest absolute Gasteiger partial charge is 0.261 e. The van der Waals surface area contributed by atoms with Crippen molar-refractivity contribution < 1.29 is 4.79 Å². The highest BCUT2D eigenvalue weighted by Crippen LogP contribution is 2.35. The van der Waals surface area contributed by atoms with Crippen LogP contribution in [-0.4, -0.2) is 38.0 Å². The third-order valence-corrected chi connectivity index (χ3v) is 6.49. The van der Waals surface area contributed by atoms with Crippen molar-refractivity contribution in [2.45, 2.75) is 38.3 Å². The van der Waals surface area contributed by atoms with Gasteiger partial charge in [-0.1, -0.05) is 25.1 Å². The van der Waals surface area contributed by atoms with Crippen LogP contribution in [0.2, 0.25) is 0 Å². The first-order valence-corrected chi connectivity index (χ1v) is 10.5. The quantitative estimate of drug-likeness (QED) is 0.670. The largest absolute Gasteiger partial charge is 0.340 e. The van der Waals surface area contributed by atoms with Crippen molar-refractivity contribution in [1.82, 2.24) is 19.0 Å². The molecule has 2 aliphatic rings. The van der Waals surface area contributed by atoms with Gasteiger partial charge in [-0.15, -0.1) is 0 Å². The van der Waals surface area contributed by atoms with Gasteiger partial charge in [0.25, 0.3) is 11.1 Å². The van der Waals surface area contributed by atoms with Crippen LogP contribution in [0.4, 0.5) is 0 Å². The molecule has 0 aliphatic carbocycles. The molecular formula is C23H24N4O3. The lowest BCUT2D eigenvalue weighted by molar-refractivity contribution is -0.137. The van der Waals surface area contributed by atoms with Gasteiger partial charge in [0, 0.05) is 37.3 Å². The number of piperidine rings is 1. The molecule has 1 amide bonds. The fourth-order valence-corrected chi connectivity index (χ4v) is 5.08. The SMILES string of the molecule is CCC(C(=O)N1CC2CC(C1)c1cccc(=O)n1C2)n1cnc2ccccc2c1=O. The predicted molar refractivity (Wildman–Crippen MR) is 113 cm³/mol. The van der Waals surface area contributed by atoms with Crippen molar-refractivity contribution in [3.63, 3.8) is 0 Å². The summed E-state index contributed by atoms with van der Waals surface area (Å²) in [6.07, 6.45) is 3.00. The van der Waals surface area contributed by atoms with Crippen LogP contribution in [0.25, 0.3) is 10.9 Å². The van der Waals surface area contributed by atoms with Gasteiger partial charge in [-0.2, -0.15) is 0 Å². The normalized spacial score (nSPS) is 21.3. The van der Waals surface area contributed by atoms with Crippen LogP contribution in [0.5, 0.6) is 0 Å². The lowest BCUT2D eigenvalue weighted by Gasteiger charge is -2.43. The van der Waals surface area contributed by atoms with E-state index in [1.54, 1.807) is 24.3 Å². The molecule has 7 heteroatoms. The summed E-state index contributed by atoms with van der Waals surface area (Å²) in [5, 5.41) is 0.523. The highest BCUT2D eigenvalue weighted by Gasteiger charge is 2.38. The Morgan fingerprint density at radius 3 is 2.77 bits per heavy atom. The second-order valence-electron chi connectivity index (χ2n) is 8.34. The van der Waals surface area contributed by atoms with E-state index in [4.69, 9.17) is 0 Å². The molecule has 1 fully saturated rings. The van der Waals surface area contributed by atoms with E-state index in [0.29, 0.717) is 37.0 Å². The molecule has 0 spiro atoms. The van der Waals surface area contributed by atoms with Gasteiger partial charge in [-0.25, -0.2) is 4.98 Å². The number of nitrogens with zero attached hydrogens (tertiary/aromatic N) is 4. The molecule has 0 N–H and O–H groups in total. The number of hydrogen-bond donors (Lipinski definition) is 0. The average molecular weight is 404 g/mol. The lowest BCUT2D eigenvalue weighted by atomic mass is 9.83. The maximum atomic E-state index is 13.5. The Balaban J connectivity index is 1.47. The number of para-hydroxylation sites is 1. The molecule has 2 bridgehead atoms. The van der Waals surface area contributed by atoms with E-state index in [9.17, 15) is 14.4 Å². The van der Waals surface area contributed by atoms with Crippen LogP contribution >= 0.6 is 0 Å².